The molecule has 1 fully saturated rings. The highest BCUT2D eigenvalue weighted by Gasteiger charge is 2.18. The van der Waals surface area contributed by atoms with Crippen molar-refractivity contribution in [1.29, 1.82) is 0 Å². The van der Waals surface area contributed by atoms with Crippen LogP contribution >= 0.6 is 0 Å². The van der Waals surface area contributed by atoms with Gasteiger partial charge in [-0.3, -0.25) is 0 Å². The fraction of sp³-hybridized carbons (Fsp3) is 0.750. The van der Waals surface area contributed by atoms with Crippen LogP contribution in [-0.4, -0.2) is 30.3 Å². The molecule has 14 heavy (non-hydrogen) atoms. The van der Waals surface area contributed by atoms with Gasteiger partial charge in [0.1, 0.15) is 6.29 Å². The lowest BCUT2D eigenvalue weighted by molar-refractivity contribution is -0.107. The number of allylic oxidation sites excluding steroid dienone is 2. The molecule has 1 aliphatic rings. The fourth-order valence-corrected chi connectivity index (χ4v) is 1.95. The molecule has 0 spiro atoms. The normalized spacial score (nSPS) is 20.8. The molecule has 1 heterocycles. The van der Waals surface area contributed by atoms with E-state index in [9.17, 15) is 4.79 Å². The van der Waals surface area contributed by atoms with Crippen LogP contribution in [0.3, 0.4) is 0 Å². The molecule has 2 nitrogen and oxygen atoms in total. The Morgan fingerprint density at radius 2 is 2.00 bits per heavy atom. The lowest BCUT2D eigenvalue weighted by atomic mass is 9.95. The number of hydrogen-bond acceptors (Lipinski definition) is 2. The molecule has 0 amide bonds. The van der Waals surface area contributed by atoms with E-state index >= 15 is 0 Å². The number of carbonyl (C=O) groups excluding carboxylic acids is 1. The molecule has 0 bridgehead atoms. The largest absolute Gasteiger partial charge is 0.303 e. The lowest BCUT2D eigenvalue weighted by Gasteiger charge is -2.33. The Morgan fingerprint density at radius 3 is 2.50 bits per heavy atom. The molecule has 80 valence electrons. The average molecular weight is 195 g/mol. The molecule has 0 radical (unpaired) electrons. The molecule has 0 N–H and O–H groups in total. The highest BCUT2D eigenvalue weighted by Crippen LogP contribution is 2.19. The number of piperidine rings is 1. The van der Waals surface area contributed by atoms with E-state index in [0.29, 0.717) is 18.4 Å². The van der Waals surface area contributed by atoms with Gasteiger partial charge in [-0.1, -0.05) is 12.2 Å². The molecule has 1 aliphatic heterocycles. The summed E-state index contributed by atoms with van der Waals surface area (Å²) < 4.78 is 0. The van der Waals surface area contributed by atoms with Crippen molar-refractivity contribution in [2.24, 2.45) is 5.92 Å². The molecule has 0 aromatic rings. The van der Waals surface area contributed by atoms with Gasteiger partial charge in [0.25, 0.3) is 0 Å². The van der Waals surface area contributed by atoms with E-state index in [2.05, 4.69) is 24.8 Å². The molecule has 0 atom stereocenters. The van der Waals surface area contributed by atoms with E-state index in [1.807, 2.05) is 6.08 Å². The fourth-order valence-electron chi connectivity index (χ4n) is 1.95. The average Bonchev–Trinajstić information content (AvgIpc) is 2.19. The molecule has 1 rings (SSSR count). The van der Waals surface area contributed by atoms with Crippen molar-refractivity contribution < 1.29 is 4.79 Å². The topological polar surface area (TPSA) is 20.3 Å². The summed E-state index contributed by atoms with van der Waals surface area (Å²) in [6.07, 6.45) is 8.24. The van der Waals surface area contributed by atoms with Crippen molar-refractivity contribution in [2.45, 2.75) is 39.2 Å². The lowest BCUT2D eigenvalue weighted by Crippen LogP contribution is -2.38. The highest BCUT2D eigenvalue weighted by atomic mass is 16.1. The Morgan fingerprint density at radius 1 is 1.36 bits per heavy atom. The zero-order chi connectivity index (χ0) is 10.4. The first kappa shape index (κ1) is 11.4. The number of carbonyl (C=O) groups is 1. The highest BCUT2D eigenvalue weighted by molar-refractivity contribution is 5.51. The van der Waals surface area contributed by atoms with Gasteiger partial charge < -0.3 is 9.69 Å². The van der Waals surface area contributed by atoms with Gasteiger partial charge in [-0.25, -0.2) is 0 Å². The minimum atomic E-state index is 0.574. The first-order chi connectivity index (χ1) is 6.74. The summed E-state index contributed by atoms with van der Waals surface area (Å²) in [6.45, 7) is 6.91. The van der Waals surface area contributed by atoms with Gasteiger partial charge in [0.2, 0.25) is 0 Å². The van der Waals surface area contributed by atoms with Crippen LogP contribution in [-0.2, 0) is 4.79 Å². The Labute approximate surface area is 87.0 Å². The third-order valence-corrected chi connectivity index (χ3v) is 2.95. The zero-order valence-corrected chi connectivity index (χ0v) is 9.28. The molecule has 0 saturated carbocycles. The predicted molar refractivity (Wildman–Crippen MR) is 59.3 cm³/mol. The molecule has 1 saturated heterocycles. The van der Waals surface area contributed by atoms with Crippen LogP contribution in [0.25, 0.3) is 0 Å². The van der Waals surface area contributed by atoms with Crippen molar-refractivity contribution in [3.63, 3.8) is 0 Å². The van der Waals surface area contributed by atoms with Gasteiger partial charge in [-0.15, -0.1) is 0 Å². The molecule has 0 unspecified atom stereocenters. The molecular formula is C12H21NO. The van der Waals surface area contributed by atoms with Gasteiger partial charge in [0, 0.05) is 12.5 Å². The number of aldehydes is 1. The van der Waals surface area contributed by atoms with Gasteiger partial charge in [0.05, 0.1) is 0 Å². The molecule has 2 heteroatoms. The molecular weight excluding hydrogens is 174 g/mol. The Bertz CT molecular complexity index is 190. The standard InChI is InChI=1S/C12H21NO/c1-11(2)13-8-6-12(7-9-13)5-3-4-10-14/h3,5,10-12H,4,6-9H2,1-2H3/b5-3-. The summed E-state index contributed by atoms with van der Waals surface area (Å²) in [5.41, 5.74) is 0. The third-order valence-electron chi connectivity index (χ3n) is 2.95. The van der Waals surface area contributed by atoms with Crippen molar-refractivity contribution in [2.75, 3.05) is 13.1 Å². The zero-order valence-electron chi connectivity index (χ0n) is 9.28. The van der Waals surface area contributed by atoms with Crippen LogP contribution in [0.2, 0.25) is 0 Å². The second-order valence-electron chi connectivity index (χ2n) is 4.30. The van der Waals surface area contributed by atoms with E-state index in [1.54, 1.807) is 0 Å². The number of hydrogen-bond donors (Lipinski definition) is 0. The van der Waals surface area contributed by atoms with Crippen molar-refractivity contribution in [3.05, 3.63) is 12.2 Å². The van der Waals surface area contributed by atoms with E-state index in [-0.39, 0.29) is 0 Å². The van der Waals surface area contributed by atoms with Crippen molar-refractivity contribution >= 4 is 6.29 Å². The smallest absolute Gasteiger partial charge is 0.123 e. The summed E-state index contributed by atoms with van der Waals surface area (Å²) in [5.74, 6) is 0.699. The van der Waals surface area contributed by atoms with Crippen molar-refractivity contribution in [1.82, 2.24) is 4.90 Å². The monoisotopic (exact) mass is 195 g/mol. The van der Waals surface area contributed by atoms with E-state index in [1.165, 1.54) is 25.9 Å². The summed E-state index contributed by atoms with van der Waals surface area (Å²) in [7, 11) is 0. The molecule has 0 aromatic heterocycles. The first-order valence-corrected chi connectivity index (χ1v) is 5.58. The Balaban J connectivity index is 2.25. The van der Waals surface area contributed by atoms with Crippen LogP contribution in [0.15, 0.2) is 12.2 Å². The van der Waals surface area contributed by atoms with Crippen LogP contribution in [0.5, 0.6) is 0 Å². The van der Waals surface area contributed by atoms with Gasteiger partial charge in [0.15, 0.2) is 0 Å². The van der Waals surface area contributed by atoms with Gasteiger partial charge >= 0.3 is 0 Å². The first-order valence-electron chi connectivity index (χ1n) is 5.58. The second kappa shape index (κ2) is 5.97. The predicted octanol–water partition coefficient (Wildman–Crippen LogP) is 2.25. The van der Waals surface area contributed by atoms with Crippen LogP contribution in [0, 0.1) is 5.92 Å². The van der Waals surface area contributed by atoms with Crippen LogP contribution in [0.4, 0.5) is 0 Å². The van der Waals surface area contributed by atoms with Crippen LogP contribution in [0.1, 0.15) is 33.1 Å². The van der Waals surface area contributed by atoms with Crippen LogP contribution < -0.4 is 0 Å². The maximum Gasteiger partial charge on any atom is 0.123 e. The summed E-state index contributed by atoms with van der Waals surface area (Å²) in [6, 6.07) is 0.676. The minimum absolute atomic E-state index is 0.574. The molecule has 0 aromatic carbocycles. The maximum absolute atomic E-state index is 10.1. The summed E-state index contributed by atoms with van der Waals surface area (Å²) >= 11 is 0. The number of rotatable bonds is 4. The van der Waals surface area contributed by atoms with Gasteiger partial charge in [-0.05, 0) is 45.7 Å². The summed E-state index contributed by atoms with van der Waals surface area (Å²) in [5, 5.41) is 0. The maximum atomic E-state index is 10.1. The number of nitrogens with zero attached hydrogens (tertiary/aromatic N) is 1. The minimum Gasteiger partial charge on any atom is -0.303 e. The summed E-state index contributed by atoms with van der Waals surface area (Å²) in [4.78, 5) is 12.6. The number of likely N-dealkylation sites (tertiary alicyclic amines) is 1. The SMILES string of the molecule is CC(C)N1CCC(/C=C\CC=O)CC1. The second-order valence-corrected chi connectivity index (χ2v) is 4.30. The third kappa shape index (κ3) is 3.62. The van der Waals surface area contributed by atoms with Crippen molar-refractivity contribution in [3.8, 4) is 0 Å². The van der Waals surface area contributed by atoms with E-state index < -0.39 is 0 Å². The molecule has 0 aliphatic carbocycles. The Hall–Kier alpha value is -0.630. The van der Waals surface area contributed by atoms with Gasteiger partial charge in [-0.2, -0.15) is 0 Å². The Kier molecular flexibility index (Phi) is 4.88. The van der Waals surface area contributed by atoms with E-state index in [0.717, 1.165) is 6.29 Å². The quantitative estimate of drug-likeness (QED) is 0.506. The van der Waals surface area contributed by atoms with E-state index in [4.69, 9.17) is 0 Å².